The number of ether oxygens (including phenoxy) is 1. The molecule has 1 aliphatic rings. The van der Waals surface area contributed by atoms with Crippen LogP contribution in [0.5, 0.6) is 5.75 Å². The van der Waals surface area contributed by atoms with Crippen LogP contribution >= 0.6 is 0 Å². The number of nitrogens with one attached hydrogen (secondary N) is 1. The summed E-state index contributed by atoms with van der Waals surface area (Å²) < 4.78 is 7.01. The van der Waals surface area contributed by atoms with Crippen molar-refractivity contribution in [3.05, 3.63) is 66.4 Å². The Kier molecular flexibility index (Phi) is 5.62. The van der Waals surface area contributed by atoms with Crippen LogP contribution in [0.25, 0.3) is 16.9 Å². The number of carbonyl (C=O) groups is 1. The van der Waals surface area contributed by atoms with Gasteiger partial charge in [-0.3, -0.25) is 4.79 Å². The molecule has 0 saturated heterocycles. The van der Waals surface area contributed by atoms with Crippen LogP contribution in [-0.4, -0.2) is 35.4 Å². The zero-order valence-corrected chi connectivity index (χ0v) is 16.5. The van der Waals surface area contributed by atoms with Crippen LogP contribution in [0.4, 0.5) is 0 Å². The van der Waals surface area contributed by atoms with Crippen molar-refractivity contribution in [1.82, 2.24) is 15.1 Å². The third kappa shape index (κ3) is 4.03. The van der Waals surface area contributed by atoms with Crippen LogP contribution in [-0.2, 0) is 0 Å². The van der Waals surface area contributed by atoms with E-state index in [0.717, 1.165) is 36.3 Å². The lowest BCUT2D eigenvalue weighted by atomic mass is 10.0. The topological polar surface area (TPSA) is 82.2 Å². The molecule has 1 aliphatic carbocycles. The Hall–Kier alpha value is -3.12. The number of aromatic nitrogens is 2. The van der Waals surface area contributed by atoms with Crippen molar-refractivity contribution in [2.75, 3.05) is 13.7 Å². The molecule has 1 heterocycles. The Morgan fingerprint density at radius 1 is 1.17 bits per heavy atom. The highest BCUT2D eigenvalue weighted by Crippen LogP contribution is 2.28. The van der Waals surface area contributed by atoms with E-state index < -0.39 is 0 Å². The van der Waals surface area contributed by atoms with E-state index in [0.29, 0.717) is 23.7 Å². The molecular formula is C23H26N4O2. The number of carbonyl (C=O) groups excluding carboxylic acids is 1. The first-order chi connectivity index (χ1) is 14.2. The summed E-state index contributed by atoms with van der Waals surface area (Å²) in [6, 6.07) is 17.5. The zero-order valence-electron chi connectivity index (χ0n) is 16.5. The number of hydrogen-bond donors (Lipinski definition) is 2. The highest BCUT2D eigenvalue weighted by Gasteiger charge is 2.29. The molecule has 0 spiro atoms. The van der Waals surface area contributed by atoms with E-state index in [9.17, 15) is 4.79 Å². The number of para-hydroxylation sites is 1. The van der Waals surface area contributed by atoms with E-state index in [-0.39, 0.29) is 11.9 Å². The Morgan fingerprint density at radius 2 is 1.93 bits per heavy atom. The van der Waals surface area contributed by atoms with Crippen LogP contribution in [0.15, 0.2) is 60.8 Å². The molecule has 6 heteroatoms. The van der Waals surface area contributed by atoms with Crippen LogP contribution in [0.1, 0.15) is 29.6 Å². The van der Waals surface area contributed by atoms with E-state index >= 15 is 0 Å². The average Bonchev–Trinajstić information content (AvgIpc) is 3.41. The van der Waals surface area contributed by atoms with Crippen molar-refractivity contribution >= 4 is 5.91 Å². The van der Waals surface area contributed by atoms with Crippen molar-refractivity contribution in [3.8, 4) is 22.7 Å². The smallest absolute Gasteiger partial charge is 0.255 e. The van der Waals surface area contributed by atoms with Crippen molar-refractivity contribution in [1.29, 1.82) is 0 Å². The van der Waals surface area contributed by atoms with Gasteiger partial charge >= 0.3 is 0 Å². The molecule has 2 unspecified atom stereocenters. The number of nitrogens with two attached hydrogens (primary N) is 1. The number of hydrogen-bond acceptors (Lipinski definition) is 4. The molecule has 1 aromatic heterocycles. The van der Waals surface area contributed by atoms with Crippen LogP contribution < -0.4 is 15.8 Å². The predicted octanol–water partition coefficient (Wildman–Crippen LogP) is 3.41. The number of nitrogens with zero attached hydrogens (tertiary/aromatic N) is 2. The van der Waals surface area contributed by atoms with Gasteiger partial charge in [0, 0.05) is 17.8 Å². The lowest BCUT2D eigenvalue weighted by molar-refractivity contribution is 0.0929. The van der Waals surface area contributed by atoms with Crippen LogP contribution in [0.2, 0.25) is 0 Å². The summed E-state index contributed by atoms with van der Waals surface area (Å²) in [5.74, 6) is 0.995. The van der Waals surface area contributed by atoms with Gasteiger partial charge in [-0.05, 0) is 61.7 Å². The second kappa shape index (κ2) is 8.49. The third-order valence-electron chi connectivity index (χ3n) is 5.62. The summed E-state index contributed by atoms with van der Waals surface area (Å²) >= 11 is 0. The normalized spacial score (nSPS) is 18.6. The van der Waals surface area contributed by atoms with E-state index in [1.165, 1.54) is 0 Å². The maximum Gasteiger partial charge on any atom is 0.255 e. The molecule has 2 aromatic carbocycles. The standard InChI is InChI=1S/C23H26N4O2/c1-29-19-12-10-16(11-13-19)22-20(15-27(26-22)18-7-3-2-4-8-18)23(28)25-21-9-5-6-17(21)14-24/h2-4,7-8,10-13,15,17,21H,5-6,9,14,24H2,1H3,(H,25,28). The molecule has 2 atom stereocenters. The zero-order chi connectivity index (χ0) is 20.2. The molecule has 29 heavy (non-hydrogen) atoms. The van der Waals surface area contributed by atoms with E-state index in [1.807, 2.05) is 54.6 Å². The van der Waals surface area contributed by atoms with E-state index in [1.54, 1.807) is 18.0 Å². The minimum atomic E-state index is -0.108. The third-order valence-corrected chi connectivity index (χ3v) is 5.62. The van der Waals surface area contributed by atoms with Gasteiger partial charge in [-0.1, -0.05) is 24.6 Å². The molecular weight excluding hydrogens is 364 g/mol. The number of benzene rings is 2. The maximum absolute atomic E-state index is 13.2. The SMILES string of the molecule is COc1ccc(-c2nn(-c3ccccc3)cc2C(=O)NC2CCCC2CN)cc1. The van der Waals surface area contributed by atoms with Gasteiger partial charge in [0.15, 0.2) is 0 Å². The quantitative estimate of drug-likeness (QED) is 0.676. The van der Waals surface area contributed by atoms with E-state index in [2.05, 4.69) is 5.32 Å². The molecule has 0 bridgehead atoms. The largest absolute Gasteiger partial charge is 0.497 e. The van der Waals surface area contributed by atoms with E-state index in [4.69, 9.17) is 15.6 Å². The highest BCUT2D eigenvalue weighted by atomic mass is 16.5. The van der Waals surface area contributed by atoms with Gasteiger partial charge in [0.2, 0.25) is 0 Å². The Labute approximate surface area is 170 Å². The van der Waals surface area contributed by atoms with Crippen LogP contribution in [0.3, 0.4) is 0 Å². The molecule has 1 saturated carbocycles. The molecule has 1 amide bonds. The lowest BCUT2D eigenvalue weighted by Gasteiger charge is -2.19. The fraction of sp³-hybridized carbons (Fsp3) is 0.304. The molecule has 0 aliphatic heterocycles. The molecule has 150 valence electrons. The Bertz CT molecular complexity index is 966. The highest BCUT2D eigenvalue weighted by molar-refractivity contribution is 6.00. The molecule has 3 aromatic rings. The monoisotopic (exact) mass is 390 g/mol. The van der Waals surface area contributed by atoms with Gasteiger partial charge in [0.05, 0.1) is 18.4 Å². The molecule has 6 nitrogen and oxygen atoms in total. The first kappa shape index (κ1) is 19.2. The van der Waals surface area contributed by atoms with Crippen molar-refractivity contribution in [2.24, 2.45) is 11.7 Å². The summed E-state index contributed by atoms with van der Waals surface area (Å²) in [7, 11) is 1.63. The van der Waals surface area contributed by atoms with Crippen molar-refractivity contribution in [2.45, 2.75) is 25.3 Å². The number of rotatable bonds is 6. The lowest BCUT2D eigenvalue weighted by Crippen LogP contribution is -2.39. The first-order valence-electron chi connectivity index (χ1n) is 10.00. The molecule has 0 radical (unpaired) electrons. The number of methoxy groups -OCH3 is 1. The maximum atomic E-state index is 13.2. The van der Waals surface area contributed by atoms with Crippen LogP contribution in [0, 0.1) is 5.92 Å². The minimum absolute atomic E-state index is 0.108. The fourth-order valence-corrected chi connectivity index (χ4v) is 3.97. The summed E-state index contributed by atoms with van der Waals surface area (Å²) in [6.45, 7) is 0.597. The fourth-order valence-electron chi connectivity index (χ4n) is 3.97. The molecule has 4 rings (SSSR count). The van der Waals surface area contributed by atoms with Gasteiger partial charge < -0.3 is 15.8 Å². The Balaban J connectivity index is 1.70. The van der Waals surface area contributed by atoms with Gasteiger partial charge in [-0.2, -0.15) is 5.10 Å². The molecule has 3 N–H and O–H groups in total. The summed E-state index contributed by atoms with van der Waals surface area (Å²) in [5, 5.41) is 7.93. The van der Waals surface area contributed by atoms with Gasteiger partial charge in [-0.25, -0.2) is 4.68 Å². The second-order valence-corrected chi connectivity index (χ2v) is 7.41. The first-order valence-corrected chi connectivity index (χ1v) is 10.00. The van der Waals surface area contributed by atoms with Crippen molar-refractivity contribution in [3.63, 3.8) is 0 Å². The van der Waals surface area contributed by atoms with Gasteiger partial charge in [-0.15, -0.1) is 0 Å². The second-order valence-electron chi connectivity index (χ2n) is 7.41. The minimum Gasteiger partial charge on any atom is -0.497 e. The average molecular weight is 390 g/mol. The van der Waals surface area contributed by atoms with Gasteiger partial charge in [0.25, 0.3) is 5.91 Å². The summed E-state index contributed by atoms with van der Waals surface area (Å²) in [5.41, 5.74) is 8.87. The van der Waals surface area contributed by atoms with Crippen molar-refractivity contribution < 1.29 is 9.53 Å². The summed E-state index contributed by atoms with van der Waals surface area (Å²) in [6.07, 6.45) is 4.94. The predicted molar refractivity (Wildman–Crippen MR) is 113 cm³/mol. The van der Waals surface area contributed by atoms with Gasteiger partial charge in [0.1, 0.15) is 11.4 Å². The number of amides is 1. The summed E-state index contributed by atoms with van der Waals surface area (Å²) in [4.78, 5) is 13.2. The Morgan fingerprint density at radius 3 is 2.62 bits per heavy atom. The molecule has 1 fully saturated rings.